The van der Waals surface area contributed by atoms with Gasteiger partial charge in [0.2, 0.25) is 5.91 Å². The van der Waals surface area contributed by atoms with Crippen molar-refractivity contribution in [1.82, 2.24) is 10.2 Å². The lowest BCUT2D eigenvalue weighted by molar-refractivity contribution is -0.132. The minimum atomic E-state index is -0.341. The number of hydrogen-bond donors (Lipinski definition) is 2. The number of nitrogens with one attached hydrogen (secondary N) is 2. The smallest absolute Gasteiger partial charge is 0.319 e. The van der Waals surface area contributed by atoms with Gasteiger partial charge >= 0.3 is 6.03 Å². The quantitative estimate of drug-likeness (QED) is 0.472. The standard InChI is InChI=1S/C21H22BrN3O3S/c1-15-4-9-19(29-15)14-25(13-18-3-2-12-28-18)20(26)10-11-23-21(27)24-17-7-5-16(22)6-8-17/h2-9,12H,10-11,13-14H2,1H3,(H2,23,24,27). The Morgan fingerprint density at radius 1 is 1.10 bits per heavy atom. The molecule has 0 aliphatic heterocycles. The molecule has 152 valence electrons. The number of aryl methyl sites for hydroxylation is 1. The van der Waals surface area contributed by atoms with Gasteiger partial charge in [0.1, 0.15) is 5.76 Å². The van der Waals surface area contributed by atoms with E-state index in [-0.39, 0.29) is 24.9 Å². The summed E-state index contributed by atoms with van der Waals surface area (Å²) in [6.07, 6.45) is 1.81. The molecule has 0 aliphatic carbocycles. The van der Waals surface area contributed by atoms with Crippen LogP contribution in [0.15, 0.2) is 63.7 Å². The fraction of sp³-hybridized carbons (Fsp3) is 0.238. The molecule has 8 heteroatoms. The number of carbonyl (C=O) groups is 2. The molecule has 3 amide bonds. The molecule has 0 unspecified atom stereocenters. The molecule has 3 rings (SSSR count). The maximum atomic E-state index is 12.8. The number of amides is 3. The van der Waals surface area contributed by atoms with Crippen LogP contribution in [0.3, 0.4) is 0 Å². The summed E-state index contributed by atoms with van der Waals surface area (Å²) in [6.45, 7) is 3.21. The van der Waals surface area contributed by atoms with Crippen LogP contribution >= 0.6 is 27.3 Å². The van der Waals surface area contributed by atoms with Gasteiger partial charge in [-0.05, 0) is 55.5 Å². The van der Waals surface area contributed by atoms with Gasteiger partial charge in [-0.3, -0.25) is 4.79 Å². The van der Waals surface area contributed by atoms with E-state index in [1.807, 2.05) is 37.3 Å². The van der Waals surface area contributed by atoms with Gasteiger partial charge in [-0.2, -0.15) is 0 Å². The fourth-order valence-corrected chi connectivity index (χ4v) is 3.90. The predicted octanol–water partition coefficient (Wildman–Crippen LogP) is 5.15. The Morgan fingerprint density at radius 2 is 1.90 bits per heavy atom. The number of halogens is 1. The molecule has 2 heterocycles. The summed E-state index contributed by atoms with van der Waals surface area (Å²) < 4.78 is 6.34. The molecule has 6 nitrogen and oxygen atoms in total. The maximum absolute atomic E-state index is 12.8. The average Bonchev–Trinajstić information content (AvgIpc) is 3.35. The van der Waals surface area contributed by atoms with Crippen molar-refractivity contribution in [2.75, 3.05) is 11.9 Å². The van der Waals surface area contributed by atoms with E-state index in [0.717, 1.165) is 15.1 Å². The Morgan fingerprint density at radius 3 is 2.55 bits per heavy atom. The summed E-state index contributed by atoms with van der Waals surface area (Å²) in [5.74, 6) is 0.684. The van der Waals surface area contributed by atoms with Crippen LogP contribution in [0.1, 0.15) is 21.9 Å². The predicted molar refractivity (Wildman–Crippen MR) is 118 cm³/mol. The zero-order valence-corrected chi connectivity index (χ0v) is 18.4. The van der Waals surface area contributed by atoms with Crippen molar-refractivity contribution < 1.29 is 14.0 Å². The van der Waals surface area contributed by atoms with E-state index < -0.39 is 0 Å². The first-order valence-electron chi connectivity index (χ1n) is 9.15. The molecular weight excluding hydrogens is 454 g/mol. The van der Waals surface area contributed by atoms with Gasteiger partial charge in [0.25, 0.3) is 0 Å². The highest BCUT2D eigenvalue weighted by atomic mass is 79.9. The minimum absolute atomic E-state index is 0.0450. The highest BCUT2D eigenvalue weighted by Gasteiger charge is 2.17. The Hall–Kier alpha value is -2.58. The Bertz CT molecular complexity index is 939. The van der Waals surface area contributed by atoms with Gasteiger partial charge in [-0.15, -0.1) is 11.3 Å². The van der Waals surface area contributed by atoms with E-state index in [1.54, 1.807) is 40.7 Å². The molecule has 2 N–H and O–H groups in total. The highest BCUT2D eigenvalue weighted by Crippen LogP contribution is 2.19. The third-order valence-corrected chi connectivity index (χ3v) is 5.66. The van der Waals surface area contributed by atoms with Crippen LogP contribution in [0.5, 0.6) is 0 Å². The molecular formula is C21H22BrN3O3S. The van der Waals surface area contributed by atoms with E-state index in [2.05, 4.69) is 26.6 Å². The number of benzene rings is 1. The normalized spacial score (nSPS) is 10.6. The van der Waals surface area contributed by atoms with Gasteiger partial charge in [0.05, 0.1) is 19.4 Å². The first kappa shape index (κ1) is 21.1. The molecule has 0 saturated carbocycles. The molecule has 0 aliphatic rings. The van der Waals surface area contributed by atoms with Crippen molar-refractivity contribution >= 4 is 44.9 Å². The topological polar surface area (TPSA) is 74.6 Å². The number of rotatable bonds is 8. The summed E-state index contributed by atoms with van der Waals surface area (Å²) in [5.41, 5.74) is 0.685. The van der Waals surface area contributed by atoms with Crippen molar-refractivity contribution in [3.8, 4) is 0 Å². The molecule has 0 radical (unpaired) electrons. The summed E-state index contributed by atoms with van der Waals surface area (Å²) in [7, 11) is 0. The van der Waals surface area contributed by atoms with Crippen molar-refractivity contribution in [3.05, 3.63) is 74.8 Å². The van der Waals surface area contributed by atoms with Crippen LogP contribution in [0.25, 0.3) is 0 Å². The molecule has 3 aromatic rings. The van der Waals surface area contributed by atoms with E-state index in [1.165, 1.54) is 4.88 Å². The van der Waals surface area contributed by atoms with Gasteiger partial charge < -0.3 is 20.0 Å². The third kappa shape index (κ3) is 6.76. The van der Waals surface area contributed by atoms with E-state index in [9.17, 15) is 9.59 Å². The number of hydrogen-bond acceptors (Lipinski definition) is 4. The zero-order chi connectivity index (χ0) is 20.6. The van der Waals surface area contributed by atoms with Gasteiger partial charge in [-0.1, -0.05) is 15.9 Å². The molecule has 1 aromatic carbocycles. The summed E-state index contributed by atoms with van der Waals surface area (Å²) in [4.78, 5) is 28.9. The lowest BCUT2D eigenvalue weighted by Crippen LogP contribution is -2.35. The summed E-state index contributed by atoms with van der Waals surface area (Å²) >= 11 is 5.02. The van der Waals surface area contributed by atoms with Gasteiger partial charge in [-0.25, -0.2) is 4.79 Å². The van der Waals surface area contributed by atoms with E-state index in [4.69, 9.17) is 4.42 Å². The Kier molecular flexibility index (Phi) is 7.48. The van der Waals surface area contributed by atoms with Gasteiger partial charge in [0.15, 0.2) is 0 Å². The largest absolute Gasteiger partial charge is 0.467 e. The van der Waals surface area contributed by atoms with Crippen LogP contribution in [-0.2, 0) is 17.9 Å². The van der Waals surface area contributed by atoms with E-state index in [0.29, 0.717) is 18.8 Å². The fourth-order valence-electron chi connectivity index (χ4n) is 2.73. The van der Waals surface area contributed by atoms with Crippen LogP contribution in [0.4, 0.5) is 10.5 Å². The summed E-state index contributed by atoms with van der Waals surface area (Å²) in [6, 6.07) is 14.7. The van der Waals surface area contributed by atoms with Crippen molar-refractivity contribution in [2.24, 2.45) is 0 Å². The monoisotopic (exact) mass is 475 g/mol. The number of anilines is 1. The van der Waals surface area contributed by atoms with Crippen molar-refractivity contribution in [3.63, 3.8) is 0 Å². The second-order valence-corrected chi connectivity index (χ2v) is 8.77. The number of furan rings is 1. The third-order valence-electron chi connectivity index (χ3n) is 4.15. The Labute approximate surface area is 182 Å². The second kappa shape index (κ2) is 10.3. The van der Waals surface area contributed by atoms with Gasteiger partial charge in [0, 0.05) is 32.9 Å². The van der Waals surface area contributed by atoms with Crippen LogP contribution in [0, 0.1) is 6.92 Å². The molecule has 0 fully saturated rings. The zero-order valence-electron chi connectivity index (χ0n) is 16.0. The molecule has 0 saturated heterocycles. The molecule has 0 atom stereocenters. The summed E-state index contributed by atoms with van der Waals surface area (Å²) in [5, 5.41) is 5.47. The molecule has 29 heavy (non-hydrogen) atoms. The first-order chi connectivity index (χ1) is 14.0. The lowest BCUT2D eigenvalue weighted by Gasteiger charge is -2.21. The first-order valence-corrected chi connectivity index (χ1v) is 10.8. The van der Waals surface area contributed by atoms with Crippen molar-refractivity contribution in [1.29, 1.82) is 0 Å². The Balaban J connectivity index is 1.51. The van der Waals surface area contributed by atoms with E-state index >= 15 is 0 Å². The molecule has 2 aromatic heterocycles. The number of carbonyl (C=O) groups excluding carboxylic acids is 2. The number of thiophene rings is 1. The minimum Gasteiger partial charge on any atom is -0.467 e. The van der Waals surface area contributed by atoms with Crippen LogP contribution in [-0.4, -0.2) is 23.4 Å². The highest BCUT2D eigenvalue weighted by molar-refractivity contribution is 9.10. The number of nitrogens with zero attached hydrogens (tertiary/aromatic N) is 1. The maximum Gasteiger partial charge on any atom is 0.319 e. The average molecular weight is 476 g/mol. The van der Waals surface area contributed by atoms with Crippen LogP contribution < -0.4 is 10.6 Å². The molecule has 0 spiro atoms. The van der Waals surface area contributed by atoms with Crippen LogP contribution in [0.2, 0.25) is 0 Å². The second-order valence-electron chi connectivity index (χ2n) is 6.48. The number of urea groups is 1. The lowest BCUT2D eigenvalue weighted by atomic mass is 10.3. The molecule has 0 bridgehead atoms. The SMILES string of the molecule is Cc1ccc(CN(Cc2ccco2)C(=O)CCNC(=O)Nc2ccc(Br)cc2)s1. The van der Waals surface area contributed by atoms with Crippen molar-refractivity contribution in [2.45, 2.75) is 26.4 Å².